The van der Waals surface area contributed by atoms with Crippen molar-refractivity contribution >= 4 is 35.8 Å². The van der Waals surface area contributed by atoms with Crippen LogP contribution in [0.15, 0.2) is 58.1 Å². The summed E-state index contributed by atoms with van der Waals surface area (Å²) in [6, 6.07) is 13.8. The van der Waals surface area contributed by atoms with E-state index in [-0.39, 0.29) is 36.4 Å². The van der Waals surface area contributed by atoms with Gasteiger partial charge in [-0.1, -0.05) is 30.3 Å². The molecule has 1 heterocycles. The number of carbonyl (C=O) groups excluding carboxylic acids is 1. The van der Waals surface area contributed by atoms with Crippen LogP contribution < -0.4 is 16.0 Å². The summed E-state index contributed by atoms with van der Waals surface area (Å²) in [5.41, 5.74) is 1.26. The number of carbonyl (C=O) groups is 1. The van der Waals surface area contributed by atoms with E-state index in [9.17, 15) is 4.79 Å². The predicted molar refractivity (Wildman–Crippen MR) is 110 cm³/mol. The van der Waals surface area contributed by atoms with E-state index in [1.807, 2.05) is 31.2 Å². The number of guanidine groups is 1. The van der Waals surface area contributed by atoms with E-state index in [2.05, 4.69) is 33.1 Å². The number of rotatable bonds is 8. The molecule has 1 amide bonds. The Morgan fingerprint density at radius 1 is 1.08 bits per heavy atom. The number of nitrogens with zero attached hydrogens (tertiary/aromatic N) is 1. The molecular weight excluding hydrogens is 431 g/mol. The maximum Gasteiger partial charge on any atom is 0.242 e. The quantitative estimate of drug-likeness (QED) is 0.324. The molecule has 0 atom stereocenters. The molecule has 0 unspecified atom stereocenters. The first kappa shape index (κ1) is 21.0. The normalized spacial score (nSPS) is 10.7. The van der Waals surface area contributed by atoms with Gasteiger partial charge in [0, 0.05) is 13.1 Å². The average molecular weight is 456 g/mol. The third-order valence-electron chi connectivity index (χ3n) is 3.31. The zero-order valence-electron chi connectivity index (χ0n) is 14.3. The predicted octanol–water partition coefficient (Wildman–Crippen LogP) is 2.31. The van der Waals surface area contributed by atoms with E-state index in [1.165, 1.54) is 5.56 Å². The summed E-state index contributed by atoms with van der Waals surface area (Å²) in [6.45, 7) is 3.93. The minimum atomic E-state index is -0.147. The van der Waals surface area contributed by atoms with Crippen LogP contribution in [0.2, 0.25) is 0 Å². The first-order valence-corrected chi connectivity index (χ1v) is 8.13. The minimum absolute atomic E-state index is 0. The van der Waals surface area contributed by atoms with Gasteiger partial charge in [-0.15, -0.1) is 24.0 Å². The summed E-state index contributed by atoms with van der Waals surface area (Å²) in [7, 11) is 0. The fraction of sp³-hybridized carbons (Fsp3) is 0.333. The number of nitrogens with one attached hydrogen (secondary N) is 3. The molecule has 3 N–H and O–H groups in total. The van der Waals surface area contributed by atoms with Crippen LogP contribution in [0.25, 0.3) is 0 Å². The number of amides is 1. The van der Waals surface area contributed by atoms with Crippen molar-refractivity contribution in [3.8, 4) is 0 Å². The Hall–Kier alpha value is -2.03. The van der Waals surface area contributed by atoms with Crippen molar-refractivity contribution in [3.05, 3.63) is 60.1 Å². The lowest BCUT2D eigenvalue weighted by atomic mass is 10.1. The highest BCUT2D eigenvalue weighted by Crippen LogP contribution is 1.99. The van der Waals surface area contributed by atoms with E-state index in [1.54, 1.807) is 12.3 Å². The molecule has 0 aliphatic heterocycles. The second-order valence-electron chi connectivity index (χ2n) is 5.21. The summed E-state index contributed by atoms with van der Waals surface area (Å²) < 4.78 is 5.17. The van der Waals surface area contributed by atoms with Crippen molar-refractivity contribution in [3.63, 3.8) is 0 Å². The lowest BCUT2D eigenvalue weighted by Gasteiger charge is -2.11. The molecule has 1 aromatic heterocycles. The van der Waals surface area contributed by atoms with E-state index >= 15 is 0 Å². The summed E-state index contributed by atoms with van der Waals surface area (Å²) in [5.74, 6) is 1.22. The number of hydrogen-bond acceptors (Lipinski definition) is 3. The molecule has 0 bridgehead atoms. The third-order valence-corrected chi connectivity index (χ3v) is 3.31. The van der Waals surface area contributed by atoms with Crippen molar-refractivity contribution in [2.24, 2.45) is 4.99 Å². The number of hydrogen-bond donors (Lipinski definition) is 3. The van der Waals surface area contributed by atoms with Crippen LogP contribution in [-0.4, -0.2) is 31.5 Å². The lowest BCUT2D eigenvalue weighted by Crippen LogP contribution is -2.39. The number of aliphatic imine (C=N–C) groups is 1. The van der Waals surface area contributed by atoms with Crippen molar-refractivity contribution in [1.29, 1.82) is 0 Å². The second kappa shape index (κ2) is 12.3. The Bertz CT molecular complexity index is 630. The monoisotopic (exact) mass is 456 g/mol. The second-order valence-corrected chi connectivity index (χ2v) is 5.21. The van der Waals surface area contributed by atoms with Crippen molar-refractivity contribution in [2.45, 2.75) is 19.9 Å². The van der Waals surface area contributed by atoms with E-state index in [4.69, 9.17) is 4.42 Å². The molecule has 0 fully saturated rings. The maximum absolute atomic E-state index is 11.8. The fourth-order valence-electron chi connectivity index (χ4n) is 2.12. The maximum atomic E-state index is 11.8. The summed E-state index contributed by atoms with van der Waals surface area (Å²) >= 11 is 0. The topological polar surface area (TPSA) is 78.7 Å². The van der Waals surface area contributed by atoms with Gasteiger partial charge in [-0.3, -0.25) is 4.79 Å². The van der Waals surface area contributed by atoms with Crippen LogP contribution in [0, 0.1) is 0 Å². The van der Waals surface area contributed by atoms with Gasteiger partial charge in [0.1, 0.15) is 12.3 Å². The van der Waals surface area contributed by atoms with Crippen molar-refractivity contribution in [1.82, 2.24) is 16.0 Å². The SMILES string of the molecule is CCNC(=NCC(=O)NCc1ccco1)NCCc1ccccc1.I. The molecule has 7 heteroatoms. The van der Waals surface area contributed by atoms with Gasteiger partial charge in [0.15, 0.2) is 5.96 Å². The highest BCUT2D eigenvalue weighted by Gasteiger charge is 2.03. The molecule has 0 saturated carbocycles. The summed E-state index contributed by atoms with van der Waals surface area (Å²) in [6.07, 6.45) is 2.48. The van der Waals surface area contributed by atoms with Crippen LogP contribution in [0.3, 0.4) is 0 Å². The molecule has 1 aromatic carbocycles. The summed E-state index contributed by atoms with van der Waals surface area (Å²) in [5, 5.41) is 9.14. The zero-order chi connectivity index (χ0) is 17.0. The lowest BCUT2D eigenvalue weighted by molar-refractivity contribution is -0.119. The standard InChI is InChI=1S/C18H24N4O2.HI/c1-2-19-18(20-11-10-15-7-4-3-5-8-15)22-14-17(23)21-13-16-9-6-12-24-16;/h3-9,12H,2,10-11,13-14H2,1H3,(H,21,23)(H2,19,20,22);1H. The minimum Gasteiger partial charge on any atom is -0.467 e. The van der Waals surface area contributed by atoms with Gasteiger partial charge < -0.3 is 20.4 Å². The number of benzene rings is 1. The molecule has 2 aromatic rings. The molecule has 25 heavy (non-hydrogen) atoms. The highest BCUT2D eigenvalue weighted by molar-refractivity contribution is 14.0. The van der Waals surface area contributed by atoms with Gasteiger partial charge in [-0.25, -0.2) is 4.99 Å². The zero-order valence-corrected chi connectivity index (χ0v) is 16.7. The number of furan rings is 1. The molecule has 6 nitrogen and oxygen atoms in total. The first-order valence-electron chi connectivity index (χ1n) is 8.13. The Balaban J connectivity index is 0.00000312. The van der Waals surface area contributed by atoms with Gasteiger partial charge in [-0.2, -0.15) is 0 Å². The van der Waals surface area contributed by atoms with Crippen LogP contribution >= 0.6 is 24.0 Å². The van der Waals surface area contributed by atoms with Gasteiger partial charge in [-0.05, 0) is 31.0 Å². The van der Waals surface area contributed by atoms with Crippen LogP contribution in [0.4, 0.5) is 0 Å². The average Bonchev–Trinajstić information content (AvgIpc) is 3.12. The molecule has 0 aliphatic rings. The van der Waals surface area contributed by atoms with E-state index < -0.39 is 0 Å². The Morgan fingerprint density at radius 2 is 1.88 bits per heavy atom. The van der Waals surface area contributed by atoms with Crippen molar-refractivity contribution < 1.29 is 9.21 Å². The molecule has 136 valence electrons. The first-order chi connectivity index (χ1) is 11.8. The van der Waals surface area contributed by atoms with Crippen molar-refractivity contribution in [2.75, 3.05) is 19.6 Å². The fourth-order valence-corrected chi connectivity index (χ4v) is 2.12. The largest absolute Gasteiger partial charge is 0.467 e. The molecule has 0 aliphatic carbocycles. The van der Waals surface area contributed by atoms with Crippen LogP contribution in [-0.2, 0) is 17.8 Å². The van der Waals surface area contributed by atoms with Crippen LogP contribution in [0.5, 0.6) is 0 Å². The molecule has 0 spiro atoms. The molecule has 0 radical (unpaired) electrons. The smallest absolute Gasteiger partial charge is 0.242 e. The summed E-state index contributed by atoms with van der Waals surface area (Å²) in [4.78, 5) is 16.1. The molecule has 2 rings (SSSR count). The molecule has 0 saturated heterocycles. The van der Waals surface area contributed by atoms with Gasteiger partial charge in [0.05, 0.1) is 12.8 Å². The molecular formula is C18H25IN4O2. The van der Waals surface area contributed by atoms with Gasteiger partial charge >= 0.3 is 0 Å². The third kappa shape index (κ3) is 8.57. The highest BCUT2D eigenvalue weighted by atomic mass is 127. The van der Waals surface area contributed by atoms with E-state index in [0.717, 1.165) is 25.3 Å². The Labute approximate surface area is 165 Å². The number of halogens is 1. The Morgan fingerprint density at radius 3 is 2.56 bits per heavy atom. The van der Waals surface area contributed by atoms with Gasteiger partial charge in [0.2, 0.25) is 5.91 Å². The van der Waals surface area contributed by atoms with E-state index in [0.29, 0.717) is 12.5 Å². The van der Waals surface area contributed by atoms with Gasteiger partial charge in [0.25, 0.3) is 0 Å². The van der Waals surface area contributed by atoms with Crippen LogP contribution in [0.1, 0.15) is 18.2 Å². The Kier molecular flexibility index (Phi) is 10.4.